The fourth-order valence-electron chi connectivity index (χ4n) is 2.77. The normalized spacial score (nSPS) is 22.4. The molecule has 2 aromatic heterocycles. The molecule has 2 aromatic rings. The van der Waals surface area contributed by atoms with E-state index in [0.717, 1.165) is 11.3 Å². The van der Waals surface area contributed by atoms with Crippen molar-refractivity contribution >= 4 is 5.95 Å². The Bertz CT molecular complexity index is 825. The van der Waals surface area contributed by atoms with E-state index >= 15 is 0 Å². The first kappa shape index (κ1) is 18.0. The maximum absolute atomic E-state index is 5.62. The SMILES string of the molecule is COC1=CC(Nc2ncnc(-c3ccncc3)n2)=CC(OC)C1(C)OC. The highest BCUT2D eigenvalue weighted by Gasteiger charge is 2.41. The highest BCUT2D eigenvalue weighted by Crippen LogP contribution is 2.33. The van der Waals surface area contributed by atoms with Crippen LogP contribution in [0.1, 0.15) is 6.92 Å². The second-order valence-corrected chi connectivity index (χ2v) is 5.80. The van der Waals surface area contributed by atoms with Gasteiger partial charge in [-0.3, -0.25) is 4.98 Å². The van der Waals surface area contributed by atoms with Crippen molar-refractivity contribution in [3.63, 3.8) is 0 Å². The Morgan fingerprint density at radius 3 is 2.54 bits per heavy atom. The summed E-state index contributed by atoms with van der Waals surface area (Å²) in [6.45, 7) is 1.91. The highest BCUT2D eigenvalue weighted by atomic mass is 16.6. The zero-order chi connectivity index (χ0) is 18.6. The Balaban J connectivity index is 1.88. The molecule has 1 N–H and O–H groups in total. The molecular formula is C18H21N5O3. The molecule has 0 spiro atoms. The van der Waals surface area contributed by atoms with Gasteiger partial charge in [0.1, 0.15) is 18.2 Å². The van der Waals surface area contributed by atoms with Gasteiger partial charge in [-0.1, -0.05) is 0 Å². The largest absolute Gasteiger partial charge is 0.498 e. The van der Waals surface area contributed by atoms with Crippen molar-refractivity contribution in [2.75, 3.05) is 26.6 Å². The van der Waals surface area contributed by atoms with Crippen LogP contribution in [0.15, 0.2) is 54.5 Å². The predicted octanol–water partition coefficient (Wildman–Crippen LogP) is 2.19. The molecular weight excluding hydrogens is 334 g/mol. The van der Waals surface area contributed by atoms with Crippen molar-refractivity contribution < 1.29 is 14.2 Å². The molecule has 3 rings (SSSR count). The van der Waals surface area contributed by atoms with Gasteiger partial charge in [-0.25, -0.2) is 9.97 Å². The average molecular weight is 355 g/mol. The average Bonchev–Trinajstić information content (AvgIpc) is 2.70. The third-order valence-electron chi connectivity index (χ3n) is 4.31. The van der Waals surface area contributed by atoms with Crippen molar-refractivity contribution in [2.24, 2.45) is 0 Å². The summed E-state index contributed by atoms with van der Waals surface area (Å²) in [6, 6.07) is 3.68. The van der Waals surface area contributed by atoms with Gasteiger partial charge in [0, 0.05) is 43.9 Å². The molecule has 0 fully saturated rings. The van der Waals surface area contributed by atoms with Gasteiger partial charge in [-0.15, -0.1) is 0 Å². The molecule has 1 aliphatic rings. The molecule has 0 saturated carbocycles. The van der Waals surface area contributed by atoms with E-state index in [1.165, 1.54) is 6.33 Å². The van der Waals surface area contributed by atoms with Crippen molar-refractivity contribution in [3.8, 4) is 11.4 Å². The molecule has 0 bridgehead atoms. The first-order chi connectivity index (χ1) is 12.6. The van der Waals surface area contributed by atoms with Gasteiger partial charge >= 0.3 is 0 Å². The molecule has 8 nitrogen and oxygen atoms in total. The van der Waals surface area contributed by atoms with E-state index in [2.05, 4.69) is 25.3 Å². The van der Waals surface area contributed by atoms with Crippen molar-refractivity contribution in [1.82, 2.24) is 19.9 Å². The Morgan fingerprint density at radius 2 is 1.88 bits per heavy atom. The maximum Gasteiger partial charge on any atom is 0.230 e. The molecule has 0 radical (unpaired) electrons. The van der Waals surface area contributed by atoms with E-state index < -0.39 is 5.60 Å². The summed E-state index contributed by atoms with van der Waals surface area (Å²) in [4.78, 5) is 16.8. The molecule has 0 aliphatic heterocycles. The van der Waals surface area contributed by atoms with E-state index in [4.69, 9.17) is 14.2 Å². The zero-order valence-corrected chi connectivity index (χ0v) is 15.1. The quantitative estimate of drug-likeness (QED) is 0.843. The van der Waals surface area contributed by atoms with Gasteiger partial charge in [-0.2, -0.15) is 4.98 Å². The van der Waals surface area contributed by atoms with Crippen LogP contribution in [-0.2, 0) is 14.2 Å². The Kier molecular flexibility index (Phi) is 5.24. The van der Waals surface area contributed by atoms with Gasteiger partial charge in [0.25, 0.3) is 0 Å². The first-order valence-corrected chi connectivity index (χ1v) is 8.03. The lowest BCUT2D eigenvalue weighted by Gasteiger charge is -2.37. The summed E-state index contributed by atoms with van der Waals surface area (Å²) < 4.78 is 16.7. The van der Waals surface area contributed by atoms with Crippen LogP contribution >= 0.6 is 0 Å². The van der Waals surface area contributed by atoms with Crippen LogP contribution in [0.25, 0.3) is 11.4 Å². The summed E-state index contributed by atoms with van der Waals surface area (Å²) in [5.74, 6) is 1.61. The number of hydrogen-bond acceptors (Lipinski definition) is 8. The first-order valence-electron chi connectivity index (χ1n) is 8.03. The number of aromatic nitrogens is 4. The van der Waals surface area contributed by atoms with Crippen molar-refractivity contribution in [2.45, 2.75) is 18.6 Å². The van der Waals surface area contributed by atoms with Crippen molar-refractivity contribution in [1.29, 1.82) is 0 Å². The Hall–Kier alpha value is -2.84. The number of methoxy groups -OCH3 is 3. The lowest BCUT2D eigenvalue weighted by Crippen LogP contribution is -2.46. The number of hydrogen-bond donors (Lipinski definition) is 1. The van der Waals surface area contributed by atoms with Crippen molar-refractivity contribution in [3.05, 3.63) is 54.5 Å². The third kappa shape index (κ3) is 3.42. The summed E-state index contributed by atoms with van der Waals surface area (Å²) in [6.07, 6.45) is 8.26. The lowest BCUT2D eigenvalue weighted by molar-refractivity contribution is -0.0883. The fraction of sp³-hybridized carbons (Fsp3) is 0.333. The van der Waals surface area contributed by atoms with Gasteiger partial charge in [-0.05, 0) is 25.1 Å². The summed E-state index contributed by atoms with van der Waals surface area (Å²) in [5, 5.41) is 3.17. The smallest absolute Gasteiger partial charge is 0.230 e. The summed E-state index contributed by atoms with van der Waals surface area (Å²) in [7, 11) is 4.85. The van der Waals surface area contributed by atoms with Gasteiger partial charge < -0.3 is 19.5 Å². The van der Waals surface area contributed by atoms with E-state index in [0.29, 0.717) is 17.5 Å². The molecule has 0 aromatic carbocycles. The van der Waals surface area contributed by atoms with E-state index in [-0.39, 0.29) is 6.10 Å². The maximum atomic E-state index is 5.62. The lowest BCUT2D eigenvalue weighted by atomic mass is 9.90. The van der Waals surface area contributed by atoms with E-state index in [1.54, 1.807) is 33.7 Å². The van der Waals surface area contributed by atoms with Crippen LogP contribution < -0.4 is 5.32 Å². The van der Waals surface area contributed by atoms with Gasteiger partial charge in [0.2, 0.25) is 5.95 Å². The molecule has 26 heavy (non-hydrogen) atoms. The molecule has 136 valence electrons. The molecule has 2 unspecified atom stereocenters. The zero-order valence-electron chi connectivity index (χ0n) is 15.1. The van der Waals surface area contributed by atoms with Crippen LogP contribution in [0.5, 0.6) is 0 Å². The van der Waals surface area contributed by atoms with Crippen LogP contribution in [0.2, 0.25) is 0 Å². The Morgan fingerprint density at radius 1 is 1.12 bits per heavy atom. The standard InChI is InChI=1S/C18H21N5O3/c1-18(26-4)14(24-2)9-13(10-15(18)25-3)22-17-21-11-20-16(23-17)12-5-7-19-8-6-12/h5-11,14H,1-4H3,(H,20,21,22,23). The summed E-state index contributed by atoms with van der Waals surface area (Å²) >= 11 is 0. The number of anilines is 1. The second-order valence-electron chi connectivity index (χ2n) is 5.80. The number of rotatable bonds is 6. The molecule has 1 aliphatic carbocycles. The molecule has 0 saturated heterocycles. The van der Waals surface area contributed by atoms with Crippen LogP contribution in [-0.4, -0.2) is 53.0 Å². The minimum atomic E-state index is -0.712. The number of nitrogens with one attached hydrogen (secondary N) is 1. The minimum Gasteiger partial charge on any atom is -0.498 e. The fourth-order valence-corrected chi connectivity index (χ4v) is 2.77. The third-order valence-corrected chi connectivity index (χ3v) is 4.31. The summed E-state index contributed by atoms with van der Waals surface area (Å²) in [5.41, 5.74) is 0.892. The highest BCUT2D eigenvalue weighted by molar-refractivity contribution is 5.55. The predicted molar refractivity (Wildman–Crippen MR) is 96.1 cm³/mol. The monoisotopic (exact) mass is 355 g/mol. The molecule has 8 heteroatoms. The van der Waals surface area contributed by atoms with Crippen LogP contribution in [0.4, 0.5) is 5.95 Å². The van der Waals surface area contributed by atoms with Gasteiger partial charge in [0.15, 0.2) is 11.4 Å². The number of ether oxygens (including phenoxy) is 3. The number of nitrogens with zero attached hydrogens (tertiary/aromatic N) is 4. The molecule has 2 heterocycles. The second kappa shape index (κ2) is 7.59. The topological polar surface area (TPSA) is 91.3 Å². The number of allylic oxidation sites excluding steroid dienone is 1. The van der Waals surface area contributed by atoms with Crippen LogP contribution in [0.3, 0.4) is 0 Å². The van der Waals surface area contributed by atoms with Crippen LogP contribution in [0, 0.1) is 0 Å². The van der Waals surface area contributed by atoms with Gasteiger partial charge in [0.05, 0.1) is 7.11 Å². The van der Waals surface area contributed by atoms with E-state index in [9.17, 15) is 0 Å². The Labute approximate surface area is 152 Å². The number of pyridine rings is 1. The molecule has 2 atom stereocenters. The minimum absolute atomic E-state index is 0.337. The van der Waals surface area contributed by atoms with E-state index in [1.807, 2.05) is 31.2 Å². The molecule has 0 amide bonds.